The average Bonchev–Trinajstić information content (AvgIpc) is 2.79. The predicted molar refractivity (Wildman–Crippen MR) is 124 cm³/mol. The van der Waals surface area contributed by atoms with Crippen LogP contribution in [-0.4, -0.2) is 47.2 Å². The Bertz CT molecular complexity index is 1060. The highest BCUT2D eigenvalue weighted by atomic mass is 19.1. The molecule has 1 saturated heterocycles. The van der Waals surface area contributed by atoms with Crippen LogP contribution < -0.4 is 0 Å². The first-order valence-electron chi connectivity index (χ1n) is 11.2. The van der Waals surface area contributed by atoms with Crippen LogP contribution in [0.25, 0.3) is 0 Å². The van der Waals surface area contributed by atoms with Crippen LogP contribution >= 0.6 is 0 Å². The van der Waals surface area contributed by atoms with E-state index in [1.54, 1.807) is 62.1 Å². The number of hydrogen-bond acceptors (Lipinski definition) is 4. The van der Waals surface area contributed by atoms with E-state index in [0.717, 1.165) is 5.56 Å². The number of nitrogens with zero attached hydrogens (tertiary/aromatic N) is 1. The average molecular weight is 452 g/mol. The van der Waals surface area contributed by atoms with Crippen molar-refractivity contribution >= 4 is 11.9 Å². The first kappa shape index (κ1) is 24.5. The monoisotopic (exact) mass is 451 g/mol. The molecule has 6 heteroatoms. The Morgan fingerprint density at radius 2 is 1.94 bits per heavy atom. The Morgan fingerprint density at radius 3 is 2.61 bits per heavy atom. The molecule has 1 aliphatic rings. The predicted octanol–water partition coefficient (Wildman–Crippen LogP) is 3.98. The van der Waals surface area contributed by atoms with Crippen molar-refractivity contribution in [1.29, 1.82) is 0 Å². The van der Waals surface area contributed by atoms with Crippen LogP contribution in [0.5, 0.6) is 0 Å². The molecule has 1 atom stereocenters. The Balaban J connectivity index is 1.86. The Morgan fingerprint density at radius 1 is 1.21 bits per heavy atom. The van der Waals surface area contributed by atoms with E-state index in [-0.39, 0.29) is 30.8 Å². The Kier molecular flexibility index (Phi) is 7.55. The largest absolute Gasteiger partial charge is 0.466 e. The highest BCUT2D eigenvalue weighted by Gasteiger charge is 2.45. The van der Waals surface area contributed by atoms with Gasteiger partial charge in [-0.3, -0.25) is 9.59 Å². The van der Waals surface area contributed by atoms with Crippen LogP contribution in [0.15, 0.2) is 48.5 Å². The van der Waals surface area contributed by atoms with E-state index in [4.69, 9.17) is 4.74 Å². The van der Waals surface area contributed by atoms with E-state index in [1.165, 1.54) is 12.1 Å². The van der Waals surface area contributed by atoms with Crippen molar-refractivity contribution < 1.29 is 23.8 Å². The third kappa shape index (κ3) is 6.43. The van der Waals surface area contributed by atoms with Gasteiger partial charge in [-0.1, -0.05) is 30.0 Å². The van der Waals surface area contributed by atoms with Gasteiger partial charge >= 0.3 is 5.97 Å². The summed E-state index contributed by atoms with van der Waals surface area (Å²) in [5.74, 6) is 4.79. The first-order valence-corrected chi connectivity index (χ1v) is 11.2. The van der Waals surface area contributed by atoms with Gasteiger partial charge in [-0.2, -0.15) is 0 Å². The van der Waals surface area contributed by atoms with Crippen molar-refractivity contribution in [2.45, 2.75) is 45.6 Å². The minimum atomic E-state index is -1.13. The molecule has 0 unspecified atom stereocenters. The smallest absolute Gasteiger partial charge is 0.314 e. The standard InChI is InChI=1S/C27H30FNO4/c1-4-33-25(31)27(18-21-9-11-23(28)12-10-21)14-6-16-29(19-27)24(30)22-8-5-7-20(17-22)13-15-26(2,3)32/h5,7-12,17,32H,4,6,14,16,18-19H2,1-3H3/t27-/m1/s1. The maximum absolute atomic E-state index is 13.4. The lowest BCUT2D eigenvalue weighted by Gasteiger charge is -2.41. The molecule has 174 valence electrons. The molecule has 33 heavy (non-hydrogen) atoms. The van der Waals surface area contributed by atoms with E-state index < -0.39 is 11.0 Å². The molecule has 2 aromatic carbocycles. The molecule has 0 saturated carbocycles. The van der Waals surface area contributed by atoms with Crippen molar-refractivity contribution in [2.24, 2.45) is 5.41 Å². The highest BCUT2D eigenvalue weighted by Crippen LogP contribution is 2.36. The van der Waals surface area contributed by atoms with Gasteiger partial charge in [-0.05, 0) is 75.9 Å². The van der Waals surface area contributed by atoms with Gasteiger partial charge < -0.3 is 14.7 Å². The van der Waals surface area contributed by atoms with Crippen molar-refractivity contribution in [3.8, 4) is 11.8 Å². The summed E-state index contributed by atoms with van der Waals surface area (Å²) in [7, 11) is 0. The van der Waals surface area contributed by atoms with Crippen molar-refractivity contribution in [3.05, 3.63) is 71.0 Å². The quantitative estimate of drug-likeness (QED) is 0.552. The number of ether oxygens (including phenoxy) is 1. The molecule has 1 fully saturated rings. The van der Waals surface area contributed by atoms with E-state index >= 15 is 0 Å². The molecule has 1 heterocycles. The zero-order valence-electron chi connectivity index (χ0n) is 19.4. The molecule has 3 rings (SSSR count). The van der Waals surface area contributed by atoms with Crippen LogP contribution in [0.4, 0.5) is 4.39 Å². The van der Waals surface area contributed by atoms with Gasteiger partial charge in [0, 0.05) is 24.2 Å². The van der Waals surface area contributed by atoms with Crippen LogP contribution in [0.1, 0.15) is 55.1 Å². The maximum Gasteiger partial charge on any atom is 0.314 e. The number of hydrogen-bond donors (Lipinski definition) is 1. The third-order valence-corrected chi connectivity index (χ3v) is 5.65. The summed E-state index contributed by atoms with van der Waals surface area (Å²) in [6.45, 7) is 5.96. The SMILES string of the molecule is CCOC(=O)[C@@]1(Cc2ccc(F)cc2)CCCN(C(=O)c2cccc(C#CC(C)(C)O)c2)C1. The molecular formula is C27H30FNO4. The number of benzene rings is 2. The van der Waals surface area contributed by atoms with Crippen LogP contribution in [-0.2, 0) is 16.0 Å². The molecule has 1 amide bonds. The second-order valence-electron chi connectivity index (χ2n) is 9.02. The Labute approximate surface area is 194 Å². The third-order valence-electron chi connectivity index (χ3n) is 5.65. The van der Waals surface area contributed by atoms with E-state index in [0.29, 0.717) is 36.9 Å². The maximum atomic E-state index is 13.4. The molecule has 0 spiro atoms. The van der Waals surface area contributed by atoms with Gasteiger partial charge in [0.1, 0.15) is 11.4 Å². The van der Waals surface area contributed by atoms with E-state index in [9.17, 15) is 19.1 Å². The minimum absolute atomic E-state index is 0.186. The number of aliphatic hydroxyl groups is 1. The zero-order chi connectivity index (χ0) is 24.1. The lowest BCUT2D eigenvalue weighted by atomic mass is 9.75. The summed E-state index contributed by atoms with van der Waals surface area (Å²) >= 11 is 0. The van der Waals surface area contributed by atoms with Crippen molar-refractivity contribution in [3.63, 3.8) is 0 Å². The number of rotatable bonds is 5. The normalized spacial score (nSPS) is 18.3. The minimum Gasteiger partial charge on any atom is -0.466 e. The number of amides is 1. The van der Waals surface area contributed by atoms with Gasteiger partial charge in [-0.15, -0.1) is 0 Å². The van der Waals surface area contributed by atoms with E-state index in [1.807, 2.05) is 0 Å². The molecule has 0 aromatic heterocycles. The Hall–Kier alpha value is -3.17. The summed E-state index contributed by atoms with van der Waals surface area (Å²) in [5.41, 5.74) is -0.100. The number of halogens is 1. The fraction of sp³-hybridized carbons (Fsp3) is 0.407. The number of likely N-dealkylation sites (tertiary alicyclic amines) is 1. The van der Waals surface area contributed by atoms with Crippen LogP contribution in [0.2, 0.25) is 0 Å². The van der Waals surface area contributed by atoms with Crippen molar-refractivity contribution in [2.75, 3.05) is 19.7 Å². The molecule has 2 aromatic rings. The second kappa shape index (κ2) is 10.2. The number of carbonyl (C=O) groups excluding carboxylic acids is 2. The molecule has 0 radical (unpaired) electrons. The van der Waals surface area contributed by atoms with Crippen LogP contribution in [0.3, 0.4) is 0 Å². The summed E-state index contributed by atoms with van der Waals surface area (Å²) in [6.07, 6.45) is 1.61. The van der Waals surface area contributed by atoms with Gasteiger partial charge in [-0.25, -0.2) is 4.39 Å². The fourth-order valence-electron chi connectivity index (χ4n) is 4.10. The van der Waals surface area contributed by atoms with Crippen LogP contribution in [0, 0.1) is 23.1 Å². The van der Waals surface area contributed by atoms with Gasteiger partial charge in [0.25, 0.3) is 5.91 Å². The molecular weight excluding hydrogens is 421 g/mol. The second-order valence-corrected chi connectivity index (χ2v) is 9.02. The number of carbonyl (C=O) groups is 2. The molecule has 0 aliphatic carbocycles. The number of piperidine rings is 1. The van der Waals surface area contributed by atoms with E-state index in [2.05, 4.69) is 11.8 Å². The molecule has 1 aliphatic heterocycles. The van der Waals surface area contributed by atoms with Crippen molar-refractivity contribution in [1.82, 2.24) is 4.90 Å². The summed E-state index contributed by atoms with van der Waals surface area (Å²) < 4.78 is 18.8. The zero-order valence-corrected chi connectivity index (χ0v) is 19.4. The fourth-order valence-corrected chi connectivity index (χ4v) is 4.10. The topological polar surface area (TPSA) is 66.8 Å². The molecule has 0 bridgehead atoms. The first-order chi connectivity index (χ1) is 15.6. The van der Waals surface area contributed by atoms with Gasteiger partial charge in [0.05, 0.1) is 12.0 Å². The van der Waals surface area contributed by atoms with Gasteiger partial charge in [0.15, 0.2) is 0 Å². The summed E-state index contributed by atoms with van der Waals surface area (Å²) in [6, 6.07) is 13.0. The van der Waals surface area contributed by atoms with Gasteiger partial charge in [0.2, 0.25) is 0 Å². The summed E-state index contributed by atoms with van der Waals surface area (Å²) in [5, 5.41) is 9.84. The number of esters is 1. The lowest BCUT2D eigenvalue weighted by Crippen LogP contribution is -2.51. The lowest BCUT2D eigenvalue weighted by molar-refractivity contribution is -0.158. The highest BCUT2D eigenvalue weighted by molar-refractivity contribution is 5.95. The molecule has 1 N–H and O–H groups in total. The summed E-state index contributed by atoms with van der Waals surface area (Å²) in [4.78, 5) is 28.1. The molecule has 5 nitrogen and oxygen atoms in total.